The van der Waals surface area contributed by atoms with Crippen molar-refractivity contribution in [3.63, 3.8) is 0 Å². The number of esters is 4. The lowest BCUT2D eigenvalue weighted by molar-refractivity contribution is -0.161. The lowest BCUT2D eigenvalue weighted by atomic mass is 9.99. The van der Waals surface area contributed by atoms with Gasteiger partial charge in [-0.15, -0.1) is 0 Å². The van der Waals surface area contributed by atoms with Gasteiger partial charge in [0.05, 0.1) is 26.4 Å². The number of rotatable bonds is 84. The predicted molar refractivity (Wildman–Crippen MR) is 437 cm³/mol. The van der Waals surface area contributed by atoms with Crippen molar-refractivity contribution >= 4 is 39.5 Å². The number of carbonyl (C=O) groups excluding carboxylic acids is 4. The van der Waals surface area contributed by atoms with Crippen molar-refractivity contribution in [3.05, 3.63) is 0 Å². The standard InChI is InChI=1S/C87H170O17P2/c1-9-80(8)66-58-50-42-33-27-21-14-12-10-11-13-15-23-29-35-45-53-61-69-86(91)103-82(73-97-84(89)67-59-51-43-34-28-22-17-16-19-25-31-39-47-55-63-77(2)3)75-101-105(93,94)99-71-81(88)72-100-106(95,96)102-76-83(74-98-85(90)68-60-52-44-38-37-41-49-57-65-79(6)7)104-87(92)70-62-54-46-36-30-24-18-20-26-32-40-48-56-64-78(4)5/h77-83,88H,9-76H2,1-8H3,(H,93,94)(H,95,96)/t80?,81-,82-,83-/m1/s1. The van der Waals surface area contributed by atoms with Gasteiger partial charge in [-0.1, -0.05) is 402 Å². The maximum Gasteiger partial charge on any atom is 0.472 e. The fraction of sp³-hybridized carbons (Fsp3) is 0.954. The molecule has 0 spiro atoms. The summed E-state index contributed by atoms with van der Waals surface area (Å²) in [5.74, 6) is 1.08. The number of aliphatic hydroxyl groups is 1. The van der Waals surface area contributed by atoms with E-state index in [9.17, 15) is 43.2 Å². The smallest absolute Gasteiger partial charge is 0.462 e. The Balaban J connectivity index is 5.24. The number of ether oxygens (including phenoxy) is 4. The molecule has 0 aromatic rings. The molecule has 6 atom stereocenters. The van der Waals surface area contributed by atoms with Gasteiger partial charge in [-0.2, -0.15) is 0 Å². The third-order valence-corrected chi connectivity index (χ3v) is 22.6. The van der Waals surface area contributed by atoms with Gasteiger partial charge in [-0.3, -0.25) is 37.3 Å². The summed E-state index contributed by atoms with van der Waals surface area (Å²) in [6, 6.07) is 0. The first-order chi connectivity index (χ1) is 51.1. The quantitative estimate of drug-likeness (QED) is 0.0222. The van der Waals surface area contributed by atoms with Crippen molar-refractivity contribution in [2.75, 3.05) is 39.6 Å². The number of hydrogen-bond acceptors (Lipinski definition) is 15. The number of hydrogen-bond donors (Lipinski definition) is 3. The Labute approximate surface area is 651 Å². The molecule has 0 heterocycles. The summed E-state index contributed by atoms with van der Waals surface area (Å²) < 4.78 is 68.9. The maximum absolute atomic E-state index is 13.2. The minimum Gasteiger partial charge on any atom is -0.462 e. The van der Waals surface area contributed by atoms with Gasteiger partial charge in [0.25, 0.3) is 0 Å². The number of phosphoric ester groups is 2. The van der Waals surface area contributed by atoms with Crippen molar-refractivity contribution < 1.29 is 80.2 Å². The van der Waals surface area contributed by atoms with E-state index in [1.807, 2.05) is 0 Å². The molecular weight excluding hydrogens is 1380 g/mol. The van der Waals surface area contributed by atoms with Crippen molar-refractivity contribution in [2.45, 2.75) is 472 Å². The summed E-state index contributed by atoms with van der Waals surface area (Å²) >= 11 is 0. The maximum atomic E-state index is 13.2. The van der Waals surface area contributed by atoms with Crippen LogP contribution in [0.2, 0.25) is 0 Å². The summed E-state index contributed by atoms with van der Waals surface area (Å²) in [6.45, 7) is 14.4. The van der Waals surface area contributed by atoms with E-state index in [1.54, 1.807) is 0 Å². The Kier molecular flexibility index (Phi) is 74.3. The molecule has 3 N–H and O–H groups in total. The van der Waals surface area contributed by atoms with Crippen LogP contribution in [0.3, 0.4) is 0 Å². The van der Waals surface area contributed by atoms with Gasteiger partial charge >= 0.3 is 39.5 Å². The lowest BCUT2D eigenvalue weighted by Crippen LogP contribution is -2.30. The molecule has 0 aliphatic carbocycles. The summed E-state index contributed by atoms with van der Waals surface area (Å²) in [5.41, 5.74) is 0. The second kappa shape index (κ2) is 75.7. The Hall–Kier alpha value is -1.94. The summed E-state index contributed by atoms with van der Waals surface area (Å²) in [7, 11) is -9.93. The van der Waals surface area contributed by atoms with Crippen molar-refractivity contribution in [1.82, 2.24) is 0 Å². The lowest BCUT2D eigenvalue weighted by Gasteiger charge is -2.21. The zero-order chi connectivity index (χ0) is 78.1. The second-order valence-corrected chi connectivity index (χ2v) is 35.9. The van der Waals surface area contributed by atoms with Crippen LogP contribution in [0.25, 0.3) is 0 Å². The van der Waals surface area contributed by atoms with E-state index in [-0.39, 0.29) is 25.7 Å². The molecule has 0 rings (SSSR count). The van der Waals surface area contributed by atoms with E-state index in [4.69, 9.17) is 37.0 Å². The van der Waals surface area contributed by atoms with E-state index in [1.165, 1.54) is 257 Å². The van der Waals surface area contributed by atoms with Gasteiger partial charge in [0, 0.05) is 25.7 Å². The Morgan fingerprint density at radius 3 is 0.670 bits per heavy atom. The SMILES string of the molecule is CCC(C)CCCCCCCCCCCCCCCCCCCCC(=O)O[C@H](COC(=O)CCCCCCCCCCCCCCCCC(C)C)COP(=O)(O)OC[C@@H](O)COP(=O)(O)OC[C@@H](COC(=O)CCCCCCCCCCC(C)C)OC(=O)CCCCCCCCCCCCCCCC(C)C. The van der Waals surface area contributed by atoms with Gasteiger partial charge in [-0.25, -0.2) is 9.13 Å². The molecule has 0 aromatic carbocycles. The van der Waals surface area contributed by atoms with Crippen LogP contribution in [0, 0.1) is 23.7 Å². The highest BCUT2D eigenvalue weighted by Crippen LogP contribution is 2.45. The first-order valence-electron chi connectivity index (χ1n) is 44.7. The van der Waals surface area contributed by atoms with Crippen LogP contribution >= 0.6 is 15.6 Å². The van der Waals surface area contributed by atoms with Crippen LogP contribution in [-0.4, -0.2) is 96.7 Å². The number of aliphatic hydroxyl groups excluding tert-OH is 1. The van der Waals surface area contributed by atoms with Crippen LogP contribution in [-0.2, 0) is 65.4 Å². The zero-order valence-corrected chi connectivity index (χ0v) is 71.9. The van der Waals surface area contributed by atoms with Gasteiger partial charge < -0.3 is 33.8 Å². The van der Waals surface area contributed by atoms with Crippen LogP contribution in [0.15, 0.2) is 0 Å². The highest BCUT2D eigenvalue weighted by Gasteiger charge is 2.31. The van der Waals surface area contributed by atoms with E-state index in [0.717, 1.165) is 114 Å². The highest BCUT2D eigenvalue weighted by molar-refractivity contribution is 7.47. The average molecular weight is 1550 g/mol. The number of phosphoric acid groups is 2. The van der Waals surface area contributed by atoms with E-state index < -0.39 is 97.5 Å². The van der Waals surface area contributed by atoms with Crippen molar-refractivity contribution in [1.29, 1.82) is 0 Å². The number of unbranched alkanes of at least 4 members (excludes halogenated alkanes) is 49. The van der Waals surface area contributed by atoms with Crippen LogP contribution in [0.1, 0.15) is 453 Å². The van der Waals surface area contributed by atoms with Crippen molar-refractivity contribution in [3.8, 4) is 0 Å². The molecule has 0 aliphatic heterocycles. The van der Waals surface area contributed by atoms with Gasteiger partial charge in [-0.05, 0) is 49.4 Å². The molecule has 19 heteroatoms. The molecule has 106 heavy (non-hydrogen) atoms. The first-order valence-corrected chi connectivity index (χ1v) is 47.7. The molecule has 0 fully saturated rings. The molecule has 0 radical (unpaired) electrons. The van der Waals surface area contributed by atoms with E-state index >= 15 is 0 Å². The molecule has 3 unspecified atom stereocenters. The minimum atomic E-state index is -4.97. The molecule has 0 saturated carbocycles. The van der Waals surface area contributed by atoms with Crippen molar-refractivity contribution in [2.24, 2.45) is 23.7 Å². The average Bonchev–Trinajstić information content (AvgIpc) is 0.903. The Bertz CT molecular complexity index is 2060. The topological polar surface area (TPSA) is 237 Å². The molecule has 0 aliphatic rings. The van der Waals surface area contributed by atoms with E-state index in [0.29, 0.717) is 25.7 Å². The highest BCUT2D eigenvalue weighted by atomic mass is 31.2. The molecular formula is C87H170O17P2. The van der Waals surface area contributed by atoms with E-state index in [2.05, 4.69) is 55.4 Å². The molecule has 17 nitrogen and oxygen atoms in total. The summed E-state index contributed by atoms with van der Waals surface area (Å²) in [6.07, 6.45) is 65.2. The summed E-state index contributed by atoms with van der Waals surface area (Å²) in [4.78, 5) is 73.3. The Morgan fingerprint density at radius 2 is 0.453 bits per heavy atom. The largest absolute Gasteiger partial charge is 0.472 e. The van der Waals surface area contributed by atoms with Gasteiger partial charge in [0.15, 0.2) is 12.2 Å². The normalized spacial score (nSPS) is 14.2. The molecule has 0 amide bonds. The minimum absolute atomic E-state index is 0.107. The predicted octanol–water partition coefficient (Wildman–Crippen LogP) is 26.3. The Morgan fingerprint density at radius 1 is 0.264 bits per heavy atom. The van der Waals surface area contributed by atoms with Gasteiger partial charge in [0.1, 0.15) is 19.3 Å². The molecule has 0 bridgehead atoms. The van der Waals surface area contributed by atoms with Gasteiger partial charge in [0.2, 0.25) is 0 Å². The van der Waals surface area contributed by atoms with Crippen LogP contribution < -0.4 is 0 Å². The molecule has 0 aromatic heterocycles. The number of carbonyl (C=O) groups is 4. The summed E-state index contributed by atoms with van der Waals surface area (Å²) in [5, 5.41) is 10.7. The molecule has 630 valence electrons. The fourth-order valence-electron chi connectivity index (χ4n) is 13.5. The third kappa shape index (κ3) is 78.7. The monoisotopic (exact) mass is 1550 g/mol. The second-order valence-electron chi connectivity index (χ2n) is 33.0. The van der Waals surface area contributed by atoms with Crippen LogP contribution in [0.5, 0.6) is 0 Å². The zero-order valence-electron chi connectivity index (χ0n) is 70.1. The molecule has 0 saturated heterocycles. The third-order valence-electron chi connectivity index (χ3n) is 20.7. The van der Waals surface area contributed by atoms with Crippen LogP contribution in [0.4, 0.5) is 0 Å². The first kappa shape index (κ1) is 104. The fourth-order valence-corrected chi connectivity index (χ4v) is 15.0.